The van der Waals surface area contributed by atoms with E-state index in [4.69, 9.17) is 5.73 Å². The number of hydrogen-bond acceptors (Lipinski definition) is 1. The molecule has 0 bridgehead atoms. The predicted molar refractivity (Wildman–Crippen MR) is 93.4 cm³/mol. The minimum atomic E-state index is -0.348. The van der Waals surface area contributed by atoms with Crippen molar-refractivity contribution in [2.75, 3.05) is 0 Å². The standard InChI is InChI=1S/C20H20N2O/c1-13-18(20(21)23)11-19(22(13)12-14-6-7-14)17-9-8-15-4-2-3-5-16(15)10-17/h2-5,8-11,14H,6-7,12H2,1H3,(H2,21,23). The van der Waals surface area contributed by atoms with Crippen LogP contribution in [-0.2, 0) is 6.54 Å². The Bertz CT molecular complexity index is 903. The van der Waals surface area contributed by atoms with Crippen molar-refractivity contribution in [3.63, 3.8) is 0 Å². The zero-order valence-electron chi connectivity index (χ0n) is 13.3. The van der Waals surface area contributed by atoms with Crippen molar-refractivity contribution in [3.05, 3.63) is 59.8 Å². The smallest absolute Gasteiger partial charge is 0.250 e. The summed E-state index contributed by atoms with van der Waals surface area (Å²) < 4.78 is 2.27. The maximum Gasteiger partial charge on any atom is 0.250 e. The van der Waals surface area contributed by atoms with Crippen LogP contribution < -0.4 is 5.73 Å². The molecule has 1 saturated carbocycles. The largest absolute Gasteiger partial charge is 0.366 e. The maximum absolute atomic E-state index is 11.7. The lowest BCUT2D eigenvalue weighted by Gasteiger charge is -2.12. The lowest BCUT2D eigenvalue weighted by atomic mass is 10.0. The molecule has 1 aliphatic carbocycles. The monoisotopic (exact) mass is 304 g/mol. The van der Waals surface area contributed by atoms with Crippen molar-refractivity contribution < 1.29 is 4.79 Å². The van der Waals surface area contributed by atoms with Gasteiger partial charge in [0.05, 0.1) is 5.56 Å². The highest BCUT2D eigenvalue weighted by atomic mass is 16.1. The van der Waals surface area contributed by atoms with Crippen LogP contribution in [0.1, 0.15) is 28.9 Å². The summed E-state index contributed by atoms with van der Waals surface area (Å²) in [4.78, 5) is 11.7. The summed E-state index contributed by atoms with van der Waals surface area (Å²) in [7, 11) is 0. The number of rotatable bonds is 4. The fraction of sp³-hybridized carbons (Fsp3) is 0.250. The summed E-state index contributed by atoms with van der Waals surface area (Å²) >= 11 is 0. The van der Waals surface area contributed by atoms with Gasteiger partial charge in [-0.1, -0.05) is 36.4 Å². The molecule has 3 nitrogen and oxygen atoms in total. The summed E-state index contributed by atoms with van der Waals surface area (Å²) in [6.45, 7) is 2.97. The number of carbonyl (C=O) groups is 1. The third-order valence-electron chi connectivity index (χ3n) is 4.81. The van der Waals surface area contributed by atoms with E-state index >= 15 is 0 Å². The molecule has 2 aromatic carbocycles. The molecule has 116 valence electrons. The van der Waals surface area contributed by atoms with Crippen LogP contribution in [0.3, 0.4) is 0 Å². The molecule has 4 rings (SSSR count). The van der Waals surface area contributed by atoms with Crippen LogP contribution in [0, 0.1) is 12.8 Å². The van der Waals surface area contributed by atoms with E-state index in [-0.39, 0.29) is 5.91 Å². The van der Waals surface area contributed by atoms with Gasteiger partial charge < -0.3 is 10.3 Å². The van der Waals surface area contributed by atoms with Gasteiger partial charge in [-0.15, -0.1) is 0 Å². The second-order valence-electron chi connectivity index (χ2n) is 6.51. The maximum atomic E-state index is 11.7. The molecule has 1 aliphatic rings. The molecular weight excluding hydrogens is 284 g/mol. The highest BCUT2D eigenvalue weighted by Gasteiger charge is 2.25. The lowest BCUT2D eigenvalue weighted by molar-refractivity contribution is 0.0999. The molecule has 1 amide bonds. The van der Waals surface area contributed by atoms with Crippen molar-refractivity contribution in [3.8, 4) is 11.3 Å². The van der Waals surface area contributed by atoms with Crippen molar-refractivity contribution in [1.29, 1.82) is 0 Å². The zero-order valence-corrected chi connectivity index (χ0v) is 13.3. The number of nitrogens with two attached hydrogens (primary N) is 1. The number of hydrogen-bond donors (Lipinski definition) is 1. The Labute approximate surface area is 135 Å². The van der Waals surface area contributed by atoms with Crippen molar-refractivity contribution in [2.24, 2.45) is 11.7 Å². The highest BCUT2D eigenvalue weighted by molar-refractivity contribution is 5.96. The third kappa shape index (κ3) is 2.52. The van der Waals surface area contributed by atoms with Crippen LogP contribution in [0.15, 0.2) is 48.5 Å². The van der Waals surface area contributed by atoms with E-state index in [2.05, 4.69) is 41.0 Å². The quantitative estimate of drug-likeness (QED) is 0.774. The SMILES string of the molecule is Cc1c(C(N)=O)cc(-c2ccc3ccccc3c2)n1CC1CC1. The van der Waals surface area contributed by atoms with E-state index in [1.165, 1.54) is 23.6 Å². The van der Waals surface area contributed by atoms with Crippen LogP contribution in [0.5, 0.6) is 0 Å². The van der Waals surface area contributed by atoms with Gasteiger partial charge in [0.1, 0.15) is 0 Å². The minimum Gasteiger partial charge on any atom is -0.366 e. The molecule has 0 radical (unpaired) electrons. The van der Waals surface area contributed by atoms with E-state index in [1.54, 1.807) is 0 Å². The average molecular weight is 304 g/mol. The first-order chi connectivity index (χ1) is 11.1. The van der Waals surface area contributed by atoms with Crippen LogP contribution >= 0.6 is 0 Å². The van der Waals surface area contributed by atoms with E-state index in [1.807, 2.05) is 19.1 Å². The predicted octanol–water partition coefficient (Wildman–Crippen LogP) is 4.13. The van der Waals surface area contributed by atoms with Gasteiger partial charge >= 0.3 is 0 Å². The van der Waals surface area contributed by atoms with Crippen LogP contribution in [0.4, 0.5) is 0 Å². The fourth-order valence-corrected chi connectivity index (χ4v) is 3.28. The molecule has 0 saturated heterocycles. The Morgan fingerprint density at radius 1 is 1.13 bits per heavy atom. The summed E-state index contributed by atoms with van der Waals surface area (Å²) in [6, 6.07) is 16.7. The van der Waals surface area contributed by atoms with Gasteiger partial charge in [-0.25, -0.2) is 0 Å². The number of benzene rings is 2. The van der Waals surface area contributed by atoms with Crippen LogP contribution in [0.2, 0.25) is 0 Å². The third-order valence-corrected chi connectivity index (χ3v) is 4.81. The summed E-state index contributed by atoms with van der Waals surface area (Å²) in [5, 5.41) is 2.44. The number of primary amides is 1. The molecule has 1 heterocycles. The van der Waals surface area contributed by atoms with E-state index in [9.17, 15) is 4.79 Å². The molecule has 1 fully saturated rings. The van der Waals surface area contributed by atoms with Crippen molar-refractivity contribution >= 4 is 16.7 Å². The van der Waals surface area contributed by atoms with E-state index < -0.39 is 0 Å². The Morgan fingerprint density at radius 3 is 2.57 bits per heavy atom. The highest BCUT2D eigenvalue weighted by Crippen LogP contribution is 2.35. The molecule has 1 aromatic heterocycles. The van der Waals surface area contributed by atoms with Gasteiger partial charge in [-0.3, -0.25) is 4.79 Å². The lowest BCUT2D eigenvalue weighted by Crippen LogP contribution is -2.12. The number of amides is 1. The Hall–Kier alpha value is -2.55. The Kier molecular flexibility index (Phi) is 3.22. The topological polar surface area (TPSA) is 48.0 Å². The van der Waals surface area contributed by atoms with Gasteiger partial charge in [-0.2, -0.15) is 0 Å². The first kappa shape index (κ1) is 14.1. The number of fused-ring (bicyclic) bond motifs is 1. The fourth-order valence-electron chi connectivity index (χ4n) is 3.28. The summed E-state index contributed by atoms with van der Waals surface area (Å²) in [5.41, 5.74) is 9.40. The van der Waals surface area contributed by atoms with Crippen LogP contribution in [-0.4, -0.2) is 10.5 Å². The normalized spacial score (nSPS) is 14.3. The first-order valence-electron chi connectivity index (χ1n) is 8.12. The molecule has 3 aromatic rings. The first-order valence-corrected chi connectivity index (χ1v) is 8.12. The van der Waals surface area contributed by atoms with Gasteiger partial charge in [0, 0.05) is 17.9 Å². The van der Waals surface area contributed by atoms with Gasteiger partial charge in [0.25, 0.3) is 5.91 Å². The second kappa shape index (κ2) is 5.27. The molecule has 2 N–H and O–H groups in total. The van der Waals surface area contributed by atoms with Gasteiger partial charge in [0.15, 0.2) is 0 Å². The minimum absolute atomic E-state index is 0.348. The molecule has 3 heteroatoms. The molecule has 0 spiro atoms. The number of carbonyl (C=O) groups excluding carboxylic acids is 1. The van der Waals surface area contributed by atoms with E-state index in [0.717, 1.165) is 29.4 Å². The summed E-state index contributed by atoms with van der Waals surface area (Å²) in [5.74, 6) is 0.389. The number of aromatic nitrogens is 1. The summed E-state index contributed by atoms with van der Waals surface area (Å²) in [6.07, 6.45) is 2.56. The van der Waals surface area contributed by atoms with Crippen LogP contribution in [0.25, 0.3) is 22.0 Å². The van der Waals surface area contributed by atoms with Gasteiger partial charge in [0.2, 0.25) is 0 Å². The molecule has 0 aliphatic heterocycles. The van der Waals surface area contributed by atoms with Crippen molar-refractivity contribution in [1.82, 2.24) is 4.57 Å². The Balaban J connectivity index is 1.87. The second-order valence-corrected chi connectivity index (χ2v) is 6.51. The average Bonchev–Trinajstić information content (AvgIpc) is 3.31. The molecule has 23 heavy (non-hydrogen) atoms. The molecule has 0 unspecified atom stereocenters. The zero-order chi connectivity index (χ0) is 16.0. The Morgan fingerprint density at radius 2 is 1.87 bits per heavy atom. The van der Waals surface area contributed by atoms with E-state index in [0.29, 0.717) is 5.56 Å². The number of nitrogens with zero attached hydrogens (tertiary/aromatic N) is 1. The molecular formula is C20H20N2O. The van der Waals surface area contributed by atoms with Gasteiger partial charge in [-0.05, 0) is 54.2 Å². The van der Waals surface area contributed by atoms with Crippen molar-refractivity contribution in [2.45, 2.75) is 26.3 Å². The molecule has 0 atom stereocenters.